The van der Waals surface area contributed by atoms with E-state index in [9.17, 15) is 18.0 Å². The van der Waals surface area contributed by atoms with E-state index in [0.717, 1.165) is 41.6 Å². The number of sulfone groups is 1. The van der Waals surface area contributed by atoms with Crippen molar-refractivity contribution in [1.29, 1.82) is 0 Å². The van der Waals surface area contributed by atoms with Crippen molar-refractivity contribution in [1.82, 2.24) is 0 Å². The molecule has 1 N–H and O–H groups in total. The van der Waals surface area contributed by atoms with E-state index in [-0.39, 0.29) is 34.8 Å². The molecule has 1 fully saturated rings. The third-order valence-electron chi connectivity index (χ3n) is 6.12. The van der Waals surface area contributed by atoms with Crippen LogP contribution in [-0.4, -0.2) is 32.5 Å². The second kappa shape index (κ2) is 8.98. The van der Waals surface area contributed by atoms with E-state index < -0.39 is 9.84 Å². The van der Waals surface area contributed by atoms with Crippen LogP contribution in [0.3, 0.4) is 0 Å². The maximum absolute atomic E-state index is 13.3. The average Bonchev–Trinajstić information content (AvgIpc) is 3.52. The molecule has 4 rings (SSSR count). The highest BCUT2D eigenvalue weighted by molar-refractivity contribution is 9.10. The summed E-state index contributed by atoms with van der Waals surface area (Å²) < 4.78 is 27.3. The summed E-state index contributed by atoms with van der Waals surface area (Å²) in [6.07, 6.45) is 2.97. The molecule has 0 spiro atoms. The predicted octanol–water partition coefficient (Wildman–Crippen LogP) is 4.42. The molecular formula is C24H27BrN2O4S. The van der Waals surface area contributed by atoms with Gasteiger partial charge in [0.1, 0.15) is 0 Å². The van der Waals surface area contributed by atoms with E-state index in [2.05, 4.69) is 21.2 Å². The van der Waals surface area contributed by atoms with Gasteiger partial charge in [0.25, 0.3) is 0 Å². The molecule has 2 aromatic rings. The molecule has 0 radical (unpaired) electrons. The van der Waals surface area contributed by atoms with Gasteiger partial charge >= 0.3 is 0 Å². The van der Waals surface area contributed by atoms with Crippen LogP contribution >= 0.6 is 15.9 Å². The molecule has 1 heterocycles. The zero-order valence-corrected chi connectivity index (χ0v) is 20.7. The fourth-order valence-corrected chi connectivity index (χ4v) is 6.39. The van der Waals surface area contributed by atoms with Crippen molar-refractivity contribution in [2.75, 3.05) is 22.5 Å². The van der Waals surface area contributed by atoms with Gasteiger partial charge < -0.3 is 10.2 Å². The molecule has 0 aromatic heterocycles. The molecule has 0 unspecified atom stereocenters. The molecule has 32 heavy (non-hydrogen) atoms. The number of benzene rings is 2. The molecule has 170 valence electrons. The van der Waals surface area contributed by atoms with Crippen molar-refractivity contribution in [3.05, 3.63) is 51.5 Å². The van der Waals surface area contributed by atoms with Crippen LogP contribution in [0.2, 0.25) is 0 Å². The molecule has 6 nitrogen and oxygen atoms in total. The first-order valence-corrected chi connectivity index (χ1v) is 13.4. The number of aryl methyl sites for hydroxylation is 2. The largest absolute Gasteiger partial charge is 0.326 e. The average molecular weight is 519 g/mol. The van der Waals surface area contributed by atoms with Crippen LogP contribution in [0.1, 0.15) is 42.9 Å². The van der Waals surface area contributed by atoms with Gasteiger partial charge in [0.05, 0.1) is 16.3 Å². The zero-order valence-electron chi connectivity index (χ0n) is 18.3. The molecule has 1 aliphatic heterocycles. The fraction of sp³-hybridized carbons (Fsp3) is 0.417. The van der Waals surface area contributed by atoms with Gasteiger partial charge in [-0.2, -0.15) is 0 Å². The minimum absolute atomic E-state index is 0.00640. The van der Waals surface area contributed by atoms with Crippen molar-refractivity contribution >= 4 is 49.0 Å². The number of amides is 2. The van der Waals surface area contributed by atoms with Crippen molar-refractivity contribution < 1.29 is 18.0 Å². The molecule has 1 aliphatic carbocycles. The summed E-state index contributed by atoms with van der Waals surface area (Å²) in [6.45, 7) is 4.43. The fourth-order valence-electron chi connectivity index (χ4n) is 4.22. The van der Waals surface area contributed by atoms with Gasteiger partial charge in [-0.05, 0) is 61.4 Å². The lowest BCUT2D eigenvalue weighted by atomic mass is 10.1. The first-order chi connectivity index (χ1) is 15.2. The lowest BCUT2D eigenvalue weighted by Crippen LogP contribution is -2.31. The SMILES string of the molecule is CCc1cccc(C)c1NC(=O)CCS(=O)(=O)c1cc(Br)cc2c1N(C(=O)C1CC1)CC2. The number of fused-ring (bicyclic) bond motifs is 1. The van der Waals surface area contributed by atoms with Crippen molar-refractivity contribution in [2.24, 2.45) is 5.92 Å². The minimum atomic E-state index is -3.78. The molecule has 0 atom stereocenters. The number of nitrogens with zero attached hydrogens (tertiary/aromatic N) is 1. The first kappa shape index (κ1) is 23.0. The van der Waals surface area contributed by atoms with E-state index in [1.807, 2.05) is 38.1 Å². The van der Waals surface area contributed by atoms with Gasteiger partial charge in [-0.25, -0.2) is 8.42 Å². The van der Waals surface area contributed by atoms with Gasteiger partial charge in [-0.15, -0.1) is 0 Å². The Morgan fingerprint density at radius 1 is 1.22 bits per heavy atom. The van der Waals surface area contributed by atoms with E-state index in [1.165, 1.54) is 0 Å². The second-order valence-electron chi connectivity index (χ2n) is 8.51. The van der Waals surface area contributed by atoms with Crippen molar-refractivity contribution in [3.8, 4) is 0 Å². The quantitative estimate of drug-likeness (QED) is 0.587. The van der Waals surface area contributed by atoms with Crippen molar-refractivity contribution in [3.63, 3.8) is 0 Å². The first-order valence-electron chi connectivity index (χ1n) is 11.0. The summed E-state index contributed by atoms with van der Waals surface area (Å²) in [4.78, 5) is 27.1. The third-order valence-corrected chi connectivity index (χ3v) is 8.30. The summed E-state index contributed by atoms with van der Waals surface area (Å²) in [6, 6.07) is 9.25. The Kier molecular flexibility index (Phi) is 6.45. The van der Waals surface area contributed by atoms with Gasteiger partial charge in [0, 0.05) is 29.0 Å². The summed E-state index contributed by atoms with van der Waals surface area (Å²) in [5.41, 5.74) is 4.06. The molecule has 0 saturated heterocycles. The van der Waals surface area contributed by atoms with Gasteiger partial charge in [-0.1, -0.05) is 41.1 Å². The number of carbonyl (C=O) groups excluding carboxylic acids is 2. The topological polar surface area (TPSA) is 83.6 Å². The Hall–Kier alpha value is -2.19. The van der Waals surface area contributed by atoms with Crippen LogP contribution in [0.15, 0.2) is 39.7 Å². The zero-order chi connectivity index (χ0) is 23.0. The van der Waals surface area contributed by atoms with Crippen LogP contribution in [0, 0.1) is 12.8 Å². The number of anilines is 2. The number of carbonyl (C=O) groups is 2. The maximum Gasteiger partial charge on any atom is 0.230 e. The molecular weight excluding hydrogens is 492 g/mol. The lowest BCUT2D eigenvalue weighted by molar-refractivity contribution is -0.119. The van der Waals surface area contributed by atoms with E-state index in [4.69, 9.17) is 0 Å². The smallest absolute Gasteiger partial charge is 0.230 e. The summed E-state index contributed by atoms with van der Waals surface area (Å²) in [7, 11) is -3.78. The van der Waals surface area contributed by atoms with Gasteiger partial charge in [0.2, 0.25) is 11.8 Å². The van der Waals surface area contributed by atoms with Crippen LogP contribution in [0.25, 0.3) is 0 Å². The van der Waals surface area contributed by atoms with Crippen molar-refractivity contribution in [2.45, 2.75) is 50.8 Å². The van der Waals surface area contributed by atoms with E-state index in [1.54, 1.807) is 11.0 Å². The standard InChI is InChI=1S/C24H27BrN2O4S/c1-3-16-6-4-5-15(2)22(16)26-21(28)10-12-32(30,31)20-14-19(25)13-18-9-11-27(23(18)20)24(29)17-7-8-17/h4-6,13-14,17H,3,7-12H2,1-2H3,(H,26,28). The second-order valence-corrected chi connectivity index (χ2v) is 11.5. The van der Waals surface area contributed by atoms with E-state index in [0.29, 0.717) is 23.1 Å². The number of para-hydroxylation sites is 1. The molecule has 2 amide bonds. The monoisotopic (exact) mass is 518 g/mol. The number of hydrogen-bond donors (Lipinski definition) is 1. The summed E-state index contributed by atoms with van der Waals surface area (Å²) >= 11 is 3.41. The summed E-state index contributed by atoms with van der Waals surface area (Å²) in [5, 5.41) is 2.89. The minimum Gasteiger partial charge on any atom is -0.326 e. The third kappa shape index (κ3) is 4.62. The maximum atomic E-state index is 13.3. The van der Waals surface area contributed by atoms with Crippen LogP contribution in [-0.2, 0) is 32.3 Å². The number of rotatable bonds is 7. The highest BCUT2D eigenvalue weighted by atomic mass is 79.9. The molecule has 1 saturated carbocycles. The molecule has 0 bridgehead atoms. The number of hydrogen-bond acceptors (Lipinski definition) is 4. The Labute approximate surface area is 197 Å². The van der Waals surface area contributed by atoms with Crippen LogP contribution < -0.4 is 10.2 Å². The Morgan fingerprint density at radius 3 is 2.66 bits per heavy atom. The lowest BCUT2D eigenvalue weighted by Gasteiger charge is -2.21. The predicted molar refractivity (Wildman–Crippen MR) is 129 cm³/mol. The normalized spacial score (nSPS) is 15.5. The van der Waals surface area contributed by atoms with Gasteiger partial charge in [0.15, 0.2) is 9.84 Å². The van der Waals surface area contributed by atoms with Crippen LogP contribution in [0.5, 0.6) is 0 Å². The highest BCUT2D eigenvalue weighted by Gasteiger charge is 2.39. The summed E-state index contributed by atoms with van der Waals surface area (Å²) in [5.74, 6) is -0.643. The number of nitrogens with one attached hydrogen (secondary N) is 1. The molecule has 2 aromatic carbocycles. The Bertz CT molecular complexity index is 1190. The number of halogens is 1. The highest BCUT2D eigenvalue weighted by Crippen LogP contribution is 2.41. The Morgan fingerprint density at radius 2 is 1.97 bits per heavy atom. The molecule has 2 aliphatic rings. The van der Waals surface area contributed by atoms with Gasteiger partial charge in [-0.3, -0.25) is 9.59 Å². The van der Waals surface area contributed by atoms with E-state index >= 15 is 0 Å². The Balaban J connectivity index is 1.55. The molecule has 8 heteroatoms. The van der Waals surface area contributed by atoms with Crippen LogP contribution in [0.4, 0.5) is 11.4 Å².